The second-order valence-corrected chi connectivity index (χ2v) is 10.6. The summed E-state index contributed by atoms with van der Waals surface area (Å²) in [6, 6.07) is 7.23. The molecule has 2 fully saturated rings. The Morgan fingerprint density at radius 2 is 1.81 bits per heavy atom. The van der Waals surface area contributed by atoms with Crippen molar-refractivity contribution in [1.29, 1.82) is 0 Å². The van der Waals surface area contributed by atoms with Gasteiger partial charge in [-0.05, 0) is 61.3 Å². The molecular weight excluding hydrogens is 392 g/mol. The Labute approximate surface area is 186 Å². The van der Waals surface area contributed by atoms with Gasteiger partial charge < -0.3 is 31.3 Å². The van der Waals surface area contributed by atoms with Gasteiger partial charge in [0.15, 0.2) is 0 Å². The summed E-state index contributed by atoms with van der Waals surface area (Å²) < 4.78 is 5.56. The SMILES string of the molecule is CCN(C[C@H]1O[C@@H](N)[C@H](O)[C@@H]1O)[C@H]1C[C@@H](CCC2Nc3ccc(C(C)(C)C)cc3N2)C1. The number of nitrogens with zero attached hydrogens (tertiary/aromatic N) is 1. The fourth-order valence-corrected chi connectivity index (χ4v) is 5.14. The van der Waals surface area contributed by atoms with Crippen molar-refractivity contribution in [2.24, 2.45) is 11.7 Å². The summed E-state index contributed by atoms with van der Waals surface area (Å²) in [6.07, 6.45) is 1.87. The van der Waals surface area contributed by atoms with Crippen LogP contribution in [-0.4, -0.2) is 64.9 Å². The van der Waals surface area contributed by atoms with Gasteiger partial charge in [-0.2, -0.15) is 0 Å². The molecule has 6 N–H and O–H groups in total. The summed E-state index contributed by atoms with van der Waals surface area (Å²) in [7, 11) is 0. The van der Waals surface area contributed by atoms with Gasteiger partial charge >= 0.3 is 0 Å². The molecule has 7 nitrogen and oxygen atoms in total. The highest BCUT2D eigenvalue weighted by Gasteiger charge is 2.43. The highest BCUT2D eigenvalue weighted by atomic mass is 16.6. The van der Waals surface area contributed by atoms with Crippen molar-refractivity contribution in [2.45, 2.75) is 95.5 Å². The normalized spacial score (nSPS) is 34.9. The predicted molar refractivity (Wildman–Crippen MR) is 124 cm³/mol. The minimum atomic E-state index is -0.993. The van der Waals surface area contributed by atoms with Gasteiger partial charge in [-0.15, -0.1) is 0 Å². The van der Waals surface area contributed by atoms with Gasteiger partial charge in [-0.25, -0.2) is 0 Å². The quantitative estimate of drug-likeness (QED) is 0.451. The maximum atomic E-state index is 10.1. The van der Waals surface area contributed by atoms with E-state index < -0.39 is 24.5 Å². The molecule has 31 heavy (non-hydrogen) atoms. The van der Waals surface area contributed by atoms with Crippen LogP contribution in [0.2, 0.25) is 0 Å². The number of aliphatic hydroxyl groups excluding tert-OH is 2. The largest absolute Gasteiger partial charge is 0.387 e. The number of nitrogens with two attached hydrogens (primary N) is 1. The molecule has 1 aliphatic carbocycles. The van der Waals surface area contributed by atoms with Crippen molar-refractivity contribution in [3.05, 3.63) is 23.8 Å². The molecule has 0 aromatic heterocycles. The van der Waals surface area contributed by atoms with Crippen LogP contribution >= 0.6 is 0 Å². The van der Waals surface area contributed by atoms with Gasteiger partial charge in [0.1, 0.15) is 24.5 Å². The van der Waals surface area contributed by atoms with E-state index in [1.54, 1.807) is 0 Å². The second-order valence-electron chi connectivity index (χ2n) is 10.6. The predicted octanol–water partition coefficient (Wildman–Crippen LogP) is 2.43. The van der Waals surface area contributed by atoms with E-state index in [0.717, 1.165) is 18.9 Å². The van der Waals surface area contributed by atoms with Crippen LogP contribution in [0.5, 0.6) is 0 Å². The number of anilines is 2. The smallest absolute Gasteiger partial charge is 0.135 e. The summed E-state index contributed by atoms with van der Waals surface area (Å²) in [6.45, 7) is 10.4. The summed E-state index contributed by atoms with van der Waals surface area (Å²) in [4.78, 5) is 2.37. The van der Waals surface area contributed by atoms with Gasteiger partial charge in [-0.1, -0.05) is 33.8 Å². The van der Waals surface area contributed by atoms with Crippen LogP contribution in [0.25, 0.3) is 0 Å². The lowest BCUT2D eigenvalue weighted by atomic mass is 9.76. The third kappa shape index (κ3) is 4.86. The third-order valence-electron chi connectivity index (χ3n) is 7.36. The third-order valence-corrected chi connectivity index (χ3v) is 7.36. The molecular formula is C24H40N4O3. The lowest BCUT2D eigenvalue weighted by molar-refractivity contribution is -0.0307. The van der Waals surface area contributed by atoms with E-state index in [0.29, 0.717) is 18.8 Å². The molecule has 0 spiro atoms. The zero-order valence-electron chi connectivity index (χ0n) is 19.3. The van der Waals surface area contributed by atoms with Crippen molar-refractivity contribution in [3.63, 3.8) is 0 Å². The molecule has 174 valence electrons. The van der Waals surface area contributed by atoms with Crippen LogP contribution in [0.3, 0.4) is 0 Å². The van der Waals surface area contributed by atoms with E-state index in [-0.39, 0.29) is 5.41 Å². The van der Waals surface area contributed by atoms with E-state index >= 15 is 0 Å². The van der Waals surface area contributed by atoms with Gasteiger partial charge in [0.25, 0.3) is 0 Å². The number of hydrogen-bond acceptors (Lipinski definition) is 7. The highest BCUT2D eigenvalue weighted by Crippen LogP contribution is 2.39. The Balaban J connectivity index is 1.21. The summed E-state index contributed by atoms with van der Waals surface area (Å²) >= 11 is 0. The number of likely N-dealkylation sites (N-methyl/N-ethyl adjacent to an activating group) is 1. The van der Waals surface area contributed by atoms with Crippen LogP contribution in [0.4, 0.5) is 11.4 Å². The molecule has 3 aliphatic rings. The first-order valence-electron chi connectivity index (χ1n) is 11.8. The van der Waals surface area contributed by atoms with E-state index in [9.17, 15) is 10.2 Å². The second kappa shape index (κ2) is 8.87. The molecule has 1 aromatic rings. The van der Waals surface area contributed by atoms with Crippen molar-refractivity contribution in [2.75, 3.05) is 23.7 Å². The van der Waals surface area contributed by atoms with Crippen LogP contribution in [-0.2, 0) is 10.2 Å². The molecule has 2 aliphatic heterocycles. The van der Waals surface area contributed by atoms with Crippen LogP contribution in [0.1, 0.15) is 58.9 Å². The van der Waals surface area contributed by atoms with Crippen molar-refractivity contribution >= 4 is 11.4 Å². The number of nitrogens with one attached hydrogen (secondary N) is 2. The van der Waals surface area contributed by atoms with E-state index in [1.807, 2.05) is 0 Å². The number of benzene rings is 1. The molecule has 1 aromatic carbocycles. The van der Waals surface area contributed by atoms with Gasteiger partial charge in [0, 0.05) is 12.6 Å². The molecule has 0 amide bonds. The first-order valence-corrected chi connectivity index (χ1v) is 11.8. The number of aliphatic hydroxyl groups is 2. The number of rotatable bonds is 7. The van der Waals surface area contributed by atoms with Crippen molar-refractivity contribution < 1.29 is 14.9 Å². The first-order chi connectivity index (χ1) is 14.7. The molecule has 0 radical (unpaired) electrons. The molecule has 4 rings (SSSR count). The minimum absolute atomic E-state index is 0.156. The van der Waals surface area contributed by atoms with E-state index in [1.165, 1.54) is 36.2 Å². The Hall–Kier alpha value is -1.38. The fourth-order valence-electron chi connectivity index (χ4n) is 5.14. The summed E-state index contributed by atoms with van der Waals surface area (Å²) in [5, 5.41) is 27.3. The zero-order chi connectivity index (χ0) is 22.3. The maximum absolute atomic E-state index is 10.1. The monoisotopic (exact) mass is 432 g/mol. The molecule has 7 heteroatoms. The lowest BCUT2D eigenvalue weighted by Crippen LogP contribution is -2.49. The average molecular weight is 433 g/mol. The minimum Gasteiger partial charge on any atom is -0.387 e. The van der Waals surface area contributed by atoms with Gasteiger partial charge in [0.05, 0.1) is 17.5 Å². The first kappa shape index (κ1) is 22.8. The van der Waals surface area contributed by atoms with Gasteiger partial charge in [-0.3, -0.25) is 4.90 Å². The molecule has 1 unspecified atom stereocenters. The Bertz CT molecular complexity index is 762. The Morgan fingerprint density at radius 3 is 2.42 bits per heavy atom. The van der Waals surface area contributed by atoms with Crippen molar-refractivity contribution in [3.8, 4) is 0 Å². The molecule has 0 bridgehead atoms. The van der Waals surface area contributed by atoms with Gasteiger partial charge in [0.2, 0.25) is 0 Å². The fraction of sp³-hybridized carbons (Fsp3) is 0.750. The molecule has 1 saturated heterocycles. The topological polar surface area (TPSA) is 103 Å². The molecule has 2 heterocycles. The van der Waals surface area contributed by atoms with Crippen molar-refractivity contribution in [1.82, 2.24) is 4.90 Å². The number of fused-ring (bicyclic) bond motifs is 1. The van der Waals surface area contributed by atoms with Crippen LogP contribution in [0.15, 0.2) is 18.2 Å². The molecule has 5 atom stereocenters. The maximum Gasteiger partial charge on any atom is 0.135 e. The Morgan fingerprint density at radius 1 is 1.10 bits per heavy atom. The number of ether oxygens (including phenoxy) is 1. The highest BCUT2D eigenvalue weighted by molar-refractivity contribution is 5.75. The summed E-state index contributed by atoms with van der Waals surface area (Å²) in [5.74, 6) is 0.735. The zero-order valence-corrected chi connectivity index (χ0v) is 19.3. The summed E-state index contributed by atoms with van der Waals surface area (Å²) in [5.41, 5.74) is 9.65. The number of hydrogen-bond donors (Lipinski definition) is 5. The van der Waals surface area contributed by atoms with Crippen LogP contribution in [0, 0.1) is 5.92 Å². The lowest BCUT2D eigenvalue weighted by Gasteiger charge is -2.44. The van der Waals surface area contributed by atoms with E-state index in [2.05, 4.69) is 61.4 Å². The molecule has 1 saturated carbocycles. The average Bonchev–Trinajstić information content (AvgIpc) is 3.20. The van der Waals surface area contributed by atoms with E-state index in [4.69, 9.17) is 10.5 Å². The Kier molecular flexibility index (Phi) is 6.52. The standard InChI is InChI=1S/C24H40N4O3/c1-5-28(13-19-21(29)22(30)23(25)31-19)16-10-14(11-16)6-9-20-26-17-8-7-15(24(2,3)4)12-18(17)27-20/h7-8,12,14,16,19-23,26-27,29-30H,5-6,9-11,13,25H2,1-4H3/t14-,16+,19-,20?,21-,22-,23-/m1/s1. The van der Waals surface area contributed by atoms with Crippen LogP contribution < -0.4 is 16.4 Å².